The molecule has 0 fully saturated rings. The molecule has 1 amide bonds. The molecule has 0 aliphatic carbocycles. The molecule has 1 aromatic carbocycles. The number of amides is 1. The fourth-order valence-corrected chi connectivity index (χ4v) is 3.38. The van der Waals surface area contributed by atoms with Gasteiger partial charge in [0.15, 0.2) is 5.60 Å². The van der Waals surface area contributed by atoms with Crippen molar-refractivity contribution in [3.8, 4) is 5.75 Å². The molecule has 2 rings (SSSR count). The zero-order valence-electron chi connectivity index (χ0n) is 12.5. The minimum atomic E-state index is -3.73. The quantitative estimate of drug-likeness (QED) is 0.718. The maximum absolute atomic E-state index is 12.2. The largest absolute Gasteiger partial charge is 0.475 e. The van der Waals surface area contributed by atoms with Crippen molar-refractivity contribution < 1.29 is 23.1 Å². The number of carbonyl (C=O) groups is 1. The highest BCUT2D eigenvalue weighted by atomic mass is 32.2. The van der Waals surface area contributed by atoms with Gasteiger partial charge in [0, 0.05) is 6.54 Å². The minimum absolute atomic E-state index is 0.00379. The average Bonchev–Trinajstić information content (AvgIpc) is 2.52. The molecule has 0 atom stereocenters. The summed E-state index contributed by atoms with van der Waals surface area (Å²) in [4.78, 5) is 12.2. The monoisotopic (exact) mass is 328 g/mol. The summed E-state index contributed by atoms with van der Waals surface area (Å²) >= 11 is 0. The van der Waals surface area contributed by atoms with Crippen molar-refractivity contribution in [2.45, 2.75) is 37.2 Å². The van der Waals surface area contributed by atoms with Crippen molar-refractivity contribution in [2.24, 2.45) is 0 Å². The number of aliphatic hydroxyl groups is 1. The van der Waals surface area contributed by atoms with Crippen molar-refractivity contribution in [2.75, 3.05) is 18.5 Å². The number of aliphatic hydroxyl groups excluding tert-OH is 1. The molecule has 1 aliphatic rings. The van der Waals surface area contributed by atoms with E-state index in [4.69, 9.17) is 9.84 Å². The molecule has 7 nitrogen and oxygen atoms in total. The molecule has 122 valence electrons. The Labute approximate surface area is 129 Å². The molecule has 1 heterocycles. The number of fused-ring (bicyclic) bond motifs is 1. The van der Waals surface area contributed by atoms with E-state index in [0.717, 1.165) is 0 Å². The first-order valence-corrected chi connectivity index (χ1v) is 8.62. The Morgan fingerprint density at radius 2 is 2.00 bits per heavy atom. The lowest BCUT2D eigenvalue weighted by molar-refractivity contribution is -0.133. The number of carbonyl (C=O) groups excluding carboxylic acids is 1. The van der Waals surface area contributed by atoms with Gasteiger partial charge in [0.1, 0.15) is 5.75 Å². The molecule has 3 N–H and O–H groups in total. The lowest BCUT2D eigenvalue weighted by atomic mass is 9.94. The second-order valence-electron chi connectivity index (χ2n) is 5.04. The Kier molecular flexibility index (Phi) is 4.74. The Morgan fingerprint density at radius 1 is 1.32 bits per heavy atom. The maximum atomic E-state index is 12.2. The molecule has 0 bridgehead atoms. The van der Waals surface area contributed by atoms with E-state index in [-0.39, 0.29) is 24.0 Å². The van der Waals surface area contributed by atoms with Crippen LogP contribution < -0.4 is 14.8 Å². The van der Waals surface area contributed by atoms with Gasteiger partial charge in [-0.25, -0.2) is 13.1 Å². The highest BCUT2D eigenvalue weighted by Crippen LogP contribution is 2.37. The van der Waals surface area contributed by atoms with Crippen molar-refractivity contribution >= 4 is 21.6 Å². The molecular formula is C14H20N2O5S. The minimum Gasteiger partial charge on any atom is -0.475 e. The third-order valence-electron chi connectivity index (χ3n) is 3.77. The number of rotatable bonds is 6. The molecule has 8 heteroatoms. The molecule has 0 unspecified atom stereocenters. The SMILES string of the molecule is CCC1(CC)Oc2ccc(S(=O)(=O)NCCO)cc2NC1=O. The first kappa shape index (κ1) is 16.7. The van der Waals surface area contributed by atoms with Crippen LogP contribution in [-0.2, 0) is 14.8 Å². The lowest BCUT2D eigenvalue weighted by Crippen LogP contribution is -2.50. The van der Waals surface area contributed by atoms with Gasteiger partial charge >= 0.3 is 0 Å². The van der Waals surface area contributed by atoms with Gasteiger partial charge in [-0.05, 0) is 31.0 Å². The van der Waals surface area contributed by atoms with E-state index in [0.29, 0.717) is 24.3 Å². The third kappa shape index (κ3) is 2.94. The Bertz CT molecular complexity index is 668. The lowest BCUT2D eigenvalue weighted by Gasteiger charge is -2.36. The zero-order chi connectivity index (χ0) is 16.4. The summed E-state index contributed by atoms with van der Waals surface area (Å²) < 4.78 is 32.1. The number of sulfonamides is 1. The molecule has 0 aromatic heterocycles. The molecule has 0 saturated heterocycles. The van der Waals surface area contributed by atoms with Crippen molar-refractivity contribution in [1.82, 2.24) is 4.72 Å². The summed E-state index contributed by atoms with van der Waals surface area (Å²) in [7, 11) is -3.73. The molecule has 0 spiro atoms. The van der Waals surface area contributed by atoms with Crippen LogP contribution in [0.3, 0.4) is 0 Å². The maximum Gasteiger partial charge on any atom is 0.268 e. The van der Waals surface area contributed by atoms with E-state index in [9.17, 15) is 13.2 Å². The summed E-state index contributed by atoms with van der Waals surface area (Å²) in [6.45, 7) is 3.37. The van der Waals surface area contributed by atoms with Crippen LogP contribution in [0.15, 0.2) is 23.1 Å². The summed E-state index contributed by atoms with van der Waals surface area (Å²) in [6.07, 6.45) is 1.04. The summed E-state index contributed by atoms with van der Waals surface area (Å²) in [6, 6.07) is 4.29. The number of benzene rings is 1. The van der Waals surface area contributed by atoms with E-state index in [2.05, 4.69) is 10.0 Å². The normalized spacial score (nSPS) is 16.6. The van der Waals surface area contributed by atoms with Crippen LogP contribution >= 0.6 is 0 Å². The average molecular weight is 328 g/mol. The fourth-order valence-electron chi connectivity index (χ4n) is 2.33. The Hall–Kier alpha value is -1.64. The van der Waals surface area contributed by atoms with Crippen LogP contribution in [0.1, 0.15) is 26.7 Å². The van der Waals surface area contributed by atoms with Crippen LogP contribution in [0, 0.1) is 0 Å². The predicted octanol–water partition coefficient (Wildman–Crippen LogP) is 0.847. The van der Waals surface area contributed by atoms with Gasteiger partial charge < -0.3 is 15.2 Å². The van der Waals surface area contributed by atoms with E-state index in [1.165, 1.54) is 18.2 Å². The number of hydrogen-bond donors (Lipinski definition) is 3. The smallest absolute Gasteiger partial charge is 0.268 e. The van der Waals surface area contributed by atoms with Gasteiger partial charge in [-0.1, -0.05) is 13.8 Å². The summed E-state index contributed by atoms with van der Waals surface area (Å²) in [5.41, 5.74) is -0.586. The second-order valence-corrected chi connectivity index (χ2v) is 6.80. The van der Waals surface area contributed by atoms with E-state index in [1.54, 1.807) is 0 Å². The molecule has 22 heavy (non-hydrogen) atoms. The number of anilines is 1. The summed E-state index contributed by atoms with van der Waals surface area (Å²) in [5.74, 6) is 0.173. The van der Waals surface area contributed by atoms with Crippen LogP contribution in [0.4, 0.5) is 5.69 Å². The molecule has 1 aromatic rings. The predicted molar refractivity (Wildman–Crippen MR) is 81.3 cm³/mol. The Balaban J connectivity index is 2.35. The van der Waals surface area contributed by atoms with E-state index in [1.807, 2.05) is 13.8 Å². The van der Waals surface area contributed by atoms with Crippen LogP contribution in [-0.4, -0.2) is 38.2 Å². The van der Waals surface area contributed by atoms with E-state index >= 15 is 0 Å². The highest BCUT2D eigenvalue weighted by molar-refractivity contribution is 7.89. The van der Waals surface area contributed by atoms with Crippen LogP contribution in [0.5, 0.6) is 5.75 Å². The van der Waals surface area contributed by atoms with Gasteiger partial charge in [0.25, 0.3) is 5.91 Å². The van der Waals surface area contributed by atoms with Gasteiger partial charge in [-0.2, -0.15) is 0 Å². The van der Waals surface area contributed by atoms with Gasteiger partial charge in [0.05, 0.1) is 17.2 Å². The first-order chi connectivity index (χ1) is 10.4. The molecule has 1 aliphatic heterocycles. The number of hydrogen-bond acceptors (Lipinski definition) is 5. The van der Waals surface area contributed by atoms with Crippen molar-refractivity contribution in [3.63, 3.8) is 0 Å². The molecule has 0 radical (unpaired) electrons. The number of nitrogens with one attached hydrogen (secondary N) is 2. The van der Waals surface area contributed by atoms with Crippen molar-refractivity contribution in [1.29, 1.82) is 0 Å². The zero-order valence-corrected chi connectivity index (χ0v) is 13.4. The van der Waals surface area contributed by atoms with Gasteiger partial charge in [-0.15, -0.1) is 0 Å². The topological polar surface area (TPSA) is 105 Å². The first-order valence-electron chi connectivity index (χ1n) is 7.13. The standard InChI is InChI=1S/C14H20N2O5S/c1-3-14(4-2)13(18)16-11-9-10(5-6-12(11)21-14)22(19,20)15-7-8-17/h5-6,9,15,17H,3-4,7-8H2,1-2H3,(H,16,18). The molecule has 0 saturated carbocycles. The van der Waals surface area contributed by atoms with Gasteiger partial charge in [0.2, 0.25) is 10.0 Å². The van der Waals surface area contributed by atoms with Gasteiger partial charge in [-0.3, -0.25) is 4.79 Å². The Morgan fingerprint density at radius 3 is 2.59 bits per heavy atom. The highest BCUT2D eigenvalue weighted by Gasteiger charge is 2.41. The van der Waals surface area contributed by atoms with Crippen LogP contribution in [0.2, 0.25) is 0 Å². The fraction of sp³-hybridized carbons (Fsp3) is 0.500. The van der Waals surface area contributed by atoms with Crippen LogP contribution in [0.25, 0.3) is 0 Å². The van der Waals surface area contributed by atoms with E-state index < -0.39 is 15.6 Å². The second kappa shape index (κ2) is 6.23. The third-order valence-corrected chi connectivity index (χ3v) is 5.23. The number of ether oxygens (including phenoxy) is 1. The molecular weight excluding hydrogens is 308 g/mol. The van der Waals surface area contributed by atoms with Crippen molar-refractivity contribution in [3.05, 3.63) is 18.2 Å². The summed E-state index contributed by atoms with van der Waals surface area (Å²) in [5, 5.41) is 11.4.